The summed E-state index contributed by atoms with van der Waals surface area (Å²) in [4.78, 5) is 27.7. The van der Waals surface area contributed by atoms with Crippen molar-refractivity contribution in [3.8, 4) is 0 Å². The Bertz CT molecular complexity index is 609. The maximum Gasteiger partial charge on any atom is 0.252 e. The number of hydrogen-bond donors (Lipinski definition) is 1. The van der Waals surface area contributed by atoms with E-state index >= 15 is 0 Å². The number of nitrogens with one attached hydrogen (secondary N) is 1. The van der Waals surface area contributed by atoms with Crippen LogP contribution in [0.1, 0.15) is 55.3 Å². The largest absolute Gasteiger partial charge is 0.352 e. The van der Waals surface area contributed by atoms with Crippen LogP contribution in [0, 0.1) is 5.92 Å². The van der Waals surface area contributed by atoms with Gasteiger partial charge in [0.2, 0.25) is 5.91 Å². The summed E-state index contributed by atoms with van der Waals surface area (Å²) in [6.45, 7) is 0.765. The topological polar surface area (TPSA) is 49.4 Å². The second kappa shape index (κ2) is 8.75. The van der Waals surface area contributed by atoms with Gasteiger partial charge in [-0.2, -0.15) is 0 Å². The fraction of sp³-hybridized carbons (Fsp3) is 0.600. The van der Waals surface area contributed by atoms with Gasteiger partial charge in [-0.05, 0) is 43.7 Å². The van der Waals surface area contributed by atoms with Gasteiger partial charge in [0.15, 0.2) is 0 Å². The fourth-order valence-corrected chi connectivity index (χ4v) is 4.32. The van der Waals surface area contributed by atoms with Gasteiger partial charge in [0, 0.05) is 24.5 Å². The van der Waals surface area contributed by atoms with E-state index in [-0.39, 0.29) is 11.8 Å². The molecule has 2 saturated carbocycles. The van der Waals surface area contributed by atoms with Crippen LogP contribution in [0.5, 0.6) is 0 Å². The second-order valence-electron chi connectivity index (χ2n) is 7.23. The molecule has 3 rings (SSSR count). The number of rotatable bonds is 7. The molecule has 0 spiro atoms. The first-order valence-corrected chi connectivity index (χ1v) is 10.4. The van der Waals surface area contributed by atoms with Crippen molar-refractivity contribution in [2.24, 2.45) is 5.92 Å². The summed E-state index contributed by atoms with van der Waals surface area (Å²) in [5.41, 5.74) is 0.682. The van der Waals surface area contributed by atoms with Gasteiger partial charge in [-0.25, -0.2) is 0 Å². The summed E-state index contributed by atoms with van der Waals surface area (Å²) in [6, 6.07) is 7.98. The molecule has 0 atom stereocenters. The molecule has 0 radical (unpaired) electrons. The number of carbonyl (C=O) groups excluding carboxylic acids is 2. The molecule has 0 aliphatic heterocycles. The molecular weight excluding hydrogens is 332 g/mol. The Morgan fingerprint density at radius 1 is 1.12 bits per heavy atom. The lowest BCUT2D eigenvalue weighted by molar-refractivity contribution is -0.129. The predicted octanol–water partition coefficient (Wildman–Crippen LogP) is 3.71. The molecule has 1 aromatic carbocycles. The third-order valence-electron chi connectivity index (χ3n) is 5.25. The molecule has 2 fully saturated rings. The Hall–Kier alpha value is -1.49. The van der Waals surface area contributed by atoms with Crippen LogP contribution < -0.4 is 5.32 Å². The summed E-state index contributed by atoms with van der Waals surface area (Å²) >= 11 is 1.47. The molecule has 0 aromatic heterocycles. The zero-order valence-electron chi connectivity index (χ0n) is 15.0. The monoisotopic (exact) mass is 360 g/mol. The highest BCUT2D eigenvalue weighted by atomic mass is 32.2. The van der Waals surface area contributed by atoms with E-state index in [1.54, 1.807) is 0 Å². The van der Waals surface area contributed by atoms with E-state index < -0.39 is 0 Å². The average molecular weight is 361 g/mol. The molecule has 1 N–H and O–H groups in total. The molecule has 0 heterocycles. The van der Waals surface area contributed by atoms with E-state index in [2.05, 4.69) is 5.32 Å². The molecule has 5 heteroatoms. The minimum absolute atomic E-state index is 0.0249. The first kappa shape index (κ1) is 18.3. The molecule has 2 amide bonds. The van der Waals surface area contributed by atoms with Gasteiger partial charge in [0.25, 0.3) is 5.91 Å². The Labute approximate surface area is 154 Å². The highest BCUT2D eigenvalue weighted by Crippen LogP contribution is 2.28. The summed E-state index contributed by atoms with van der Waals surface area (Å²) in [7, 11) is 1.92. The Morgan fingerprint density at radius 2 is 1.84 bits per heavy atom. The van der Waals surface area contributed by atoms with Crippen molar-refractivity contribution in [2.75, 3.05) is 19.3 Å². The SMILES string of the molecule is CN(C(=O)CSc1ccccc1C(=O)NCC1CC1)C1CCCCC1. The number of carbonyl (C=O) groups is 2. The van der Waals surface area contributed by atoms with Gasteiger partial charge in [-0.15, -0.1) is 11.8 Å². The van der Waals surface area contributed by atoms with Gasteiger partial charge in [-0.3, -0.25) is 9.59 Å². The third-order valence-corrected chi connectivity index (χ3v) is 6.31. The minimum atomic E-state index is -0.0249. The van der Waals surface area contributed by atoms with Crippen molar-refractivity contribution in [1.29, 1.82) is 0 Å². The number of nitrogens with zero attached hydrogens (tertiary/aromatic N) is 1. The van der Waals surface area contributed by atoms with Crippen molar-refractivity contribution < 1.29 is 9.59 Å². The zero-order chi connectivity index (χ0) is 17.6. The van der Waals surface area contributed by atoms with Crippen LogP contribution in [-0.4, -0.2) is 42.1 Å². The van der Waals surface area contributed by atoms with Crippen molar-refractivity contribution in [3.63, 3.8) is 0 Å². The fourth-order valence-electron chi connectivity index (χ4n) is 3.35. The maximum atomic E-state index is 12.5. The average Bonchev–Trinajstić information content (AvgIpc) is 3.49. The van der Waals surface area contributed by atoms with E-state index in [9.17, 15) is 9.59 Å². The maximum absolute atomic E-state index is 12.5. The first-order chi connectivity index (χ1) is 12.1. The van der Waals surface area contributed by atoms with E-state index in [0.29, 0.717) is 23.3 Å². The number of benzene rings is 1. The van der Waals surface area contributed by atoms with Gasteiger partial charge in [0.05, 0.1) is 11.3 Å². The lowest BCUT2D eigenvalue weighted by Crippen LogP contribution is -2.39. The number of amides is 2. The van der Waals surface area contributed by atoms with Crippen LogP contribution in [0.2, 0.25) is 0 Å². The molecule has 25 heavy (non-hydrogen) atoms. The van der Waals surface area contributed by atoms with Gasteiger partial charge in [0.1, 0.15) is 0 Å². The number of hydrogen-bond acceptors (Lipinski definition) is 3. The lowest BCUT2D eigenvalue weighted by Gasteiger charge is -2.31. The molecule has 2 aliphatic carbocycles. The summed E-state index contributed by atoms with van der Waals surface area (Å²) < 4.78 is 0. The summed E-state index contributed by atoms with van der Waals surface area (Å²) in [5.74, 6) is 1.18. The molecule has 0 unspecified atom stereocenters. The normalized spacial score (nSPS) is 18.0. The van der Waals surface area contributed by atoms with E-state index in [0.717, 1.165) is 24.3 Å². The quantitative estimate of drug-likeness (QED) is 0.754. The highest BCUT2D eigenvalue weighted by molar-refractivity contribution is 8.00. The van der Waals surface area contributed by atoms with Crippen LogP contribution in [0.15, 0.2) is 29.2 Å². The molecule has 2 aliphatic rings. The van der Waals surface area contributed by atoms with E-state index in [1.807, 2.05) is 36.2 Å². The van der Waals surface area contributed by atoms with Crippen LogP contribution in [0.4, 0.5) is 0 Å². The van der Waals surface area contributed by atoms with Crippen molar-refractivity contribution in [1.82, 2.24) is 10.2 Å². The van der Waals surface area contributed by atoms with Crippen molar-refractivity contribution in [3.05, 3.63) is 29.8 Å². The molecule has 136 valence electrons. The summed E-state index contributed by atoms with van der Waals surface area (Å²) in [5, 5.41) is 3.02. The molecule has 1 aromatic rings. The van der Waals surface area contributed by atoms with Crippen LogP contribution in [-0.2, 0) is 4.79 Å². The van der Waals surface area contributed by atoms with Crippen molar-refractivity contribution >= 4 is 23.6 Å². The highest BCUT2D eigenvalue weighted by Gasteiger charge is 2.24. The Balaban J connectivity index is 1.54. The standard InChI is InChI=1S/C20H28N2O2S/c1-22(16-7-3-2-4-8-16)19(23)14-25-18-10-6-5-9-17(18)20(24)21-13-15-11-12-15/h5-6,9-10,15-16H,2-4,7-8,11-14H2,1H3,(H,21,24). The molecular formula is C20H28N2O2S. The zero-order valence-corrected chi connectivity index (χ0v) is 15.8. The van der Waals surface area contributed by atoms with Crippen molar-refractivity contribution in [2.45, 2.75) is 55.9 Å². The van der Waals surface area contributed by atoms with Gasteiger partial charge >= 0.3 is 0 Å². The second-order valence-corrected chi connectivity index (χ2v) is 8.25. The lowest BCUT2D eigenvalue weighted by atomic mass is 9.94. The Morgan fingerprint density at radius 3 is 2.56 bits per heavy atom. The summed E-state index contributed by atoms with van der Waals surface area (Å²) in [6.07, 6.45) is 8.41. The molecule has 0 saturated heterocycles. The van der Waals surface area contributed by atoms with Crippen LogP contribution in [0.25, 0.3) is 0 Å². The smallest absolute Gasteiger partial charge is 0.252 e. The predicted molar refractivity (Wildman–Crippen MR) is 102 cm³/mol. The van der Waals surface area contributed by atoms with Crippen LogP contribution in [0.3, 0.4) is 0 Å². The number of thioether (sulfide) groups is 1. The van der Waals surface area contributed by atoms with Crippen LogP contribution >= 0.6 is 11.8 Å². The first-order valence-electron chi connectivity index (χ1n) is 9.41. The van der Waals surface area contributed by atoms with E-state index in [1.165, 1.54) is 43.9 Å². The van der Waals surface area contributed by atoms with Gasteiger partial charge < -0.3 is 10.2 Å². The Kier molecular flexibility index (Phi) is 6.40. The van der Waals surface area contributed by atoms with E-state index in [4.69, 9.17) is 0 Å². The molecule has 0 bridgehead atoms. The molecule has 4 nitrogen and oxygen atoms in total. The minimum Gasteiger partial charge on any atom is -0.352 e. The third kappa shape index (κ3) is 5.24. The van der Waals surface area contributed by atoms with Gasteiger partial charge in [-0.1, -0.05) is 31.4 Å².